The number of imidazole rings is 1. The topological polar surface area (TPSA) is 59.7 Å². The highest BCUT2D eigenvalue weighted by molar-refractivity contribution is 7.98. The molecule has 2 rings (SSSR count). The summed E-state index contributed by atoms with van der Waals surface area (Å²) < 4.78 is 1.71. The number of hydrogen-bond donors (Lipinski definition) is 0. The van der Waals surface area contributed by atoms with Crippen molar-refractivity contribution in [3.63, 3.8) is 0 Å². The van der Waals surface area contributed by atoms with Crippen LogP contribution in [-0.4, -0.2) is 49.6 Å². The summed E-state index contributed by atoms with van der Waals surface area (Å²) in [5.74, 6) is 2.06. The van der Waals surface area contributed by atoms with Gasteiger partial charge in [0, 0.05) is 31.2 Å². The van der Waals surface area contributed by atoms with Crippen LogP contribution < -0.4 is 4.90 Å². The molecule has 0 spiro atoms. The van der Waals surface area contributed by atoms with Crippen LogP contribution in [0, 0.1) is 0 Å². The van der Waals surface area contributed by atoms with Gasteiger partial charge in [-0.15, -0.1) is 0 Å². The third-order valence-corrected chi connectivity index (χ3v) is 3.90. The van der Waals surface area contributed by atoms with Crippen LogP contribution in [0.2, 0.25) is 5.28 Å². The van der Waals surface area contributed by atoms with Crippen LogP contribution in [0.15, 0.2) is 18.7 Å². The Hall–Kier alpha value is -1.34. The van der Waals surface area contributed by atoms with Crippen LogP contribution in [0.4, 0.5) is 5.95 Å². The molecule has 2 aromatic rings. The van der Waals surface area contributed by atoms with E-state index >= 15 is 0 Å². The molecule has 0 amide bonds. The smallest absolute Gasteiger partial charge is 0.241 e. The average molecular weight is 313 g/mol. The Bertz CT molecular complexity index is 547. The van der Waals surface area contributed by atoms with Crippen LogP contribution in [0.5, 0.6) is 0 Å². The molecule has 0 N–H and O–H groups in total. The number of thioether (sulfide) groups is 1. The molecule has 1 unspecified atom stereocenters. The van der Waals surface area contributed by atoms with Crippen molar-refractivity contribution in [2.24, 2.45) is 0 Å². The number of aromatic nitrogens is 5. The third-order valence-electron chi connectivity index (χ3n) is 3.01. The zero-order chi connectivity index (χ0) is 14.5. The minimum absolute atomic E-state index is 0.185. The molecule has 0 aliphatic rings. The van der Waals surface area contributed by atoms with Crippen molar-refractivity contribution < 1.29 is 0 Å². The first kappa shape index (κ1) is 15.1. The molecule has 0 aromatic carbocycles. The van der Waals surface area contributed by atoms with E-state index in [-0.39, 0.29) is 5.28 Å². The van der Waals surface area contributed by atoms with Crippen LogP contribution in [0.25, 0.3) is 5.95 Å². The van der Waals surface area contributed by atoms with Gasteiger partial charge in [-0.3, -0.25) is 4.57 Å². The van der Waals surface area contributed by atoms with Gasteiger partial charge in [0.1, 0.15) is 6.33 Å². The van der Waals surface area contributed by atoms with Crippen molar-refractivity contribution in [3.05, 3.63) is 24.0 Å². The Labute approximate surface area is 127 Å². The number of nitrogens with zero attached hydrogens (tertiary/aromatic N) is 6. The van der Waals surface area contributed by atoms with E-state index in [4.69, 9.17) is 11.6 Å². The van der Waals surface area contributed by atoms with E-state index in [0.717, 1.165) is 12.2 Å². The summed E-state index contributed by atoms with van der Waals surface area (Å²) in [4.78, 5) is 18.8. The van der Waals surface area contributed by atoms with Crippen molar-refractivity contribution in [1.82, 2.24) is 24.5 Å². The maximum atomic E-state index is 6.01. The predicted octanol–water partition coefficient (Wildman–Crippen LogP) is 2.29. The molecule has 8 heteroatoms. The van der Waals surface area contributed by atoms with Gasteiger partial charge in [0.15, 0.2) is 0 Å². The first-order valence-electron chi connectivity index (χ1n) is 6.27. The van der Waals surface area contributed by atoms with E-state index in [1.54, 1.807) is 35.0 Å². The molecule has 108 valence electrons. The van der Waals surface area contributed by atoms with E-state index < -0.39 is 0 Å². The number of hydrogen-bond acceptors (Lipinski definition) is 6. The first-order chi connectivity index (χ1) is 9.65. The molecule has 0 saturated heterocycles. The number of halogens is 1. The lowest BCUT2D eigenvalue weighted by Gasteiger charge is -2.26. The Morgan fingerprint density at radius 1 is 1.40 bits per heavy atom. The second-order valence-corrected chi connectivity index (χ2v) is 5.55. The standard InChI is InChI=1S/C12H17ClN6S/c1-4-9(7-20-3)18(2)11-15-10(13)16-12(17-11)19-6-5-14-8-19/h5-6,8-9H,4,7H2,1-3H3. The van der Waals surface area contributed by atoms with Crippen LogP contribution in [0.1, 0.15) is 13.3 Å². The average Bonchev–Trinajstić information content (AvgIpc) is 2.97. The minimum Gasteiger partial charge on any atom is -0.340 e. The molecule has 0 aliphatic carbocycles. The molecule has 2 aromatic heterocycles. The summed E-state index contributed by atoms with van der Waals surface area (Å²) in [6, 6.07) is 0.360. The summed E-state index contributed by atoms with van der Waals surface area (Å²) in [5.41, 5.74) is 0. The molecule has 0 aliphatic heterocycles. The van der Waals surface area contributed by atoms with Crippen LogP contribution in [-0.2, 0) is 0 Å². The van der Waals surface area contributed by atoms with Gasteiger partial charge in [0.05, 0.1) is 0 Å². The highest BCUT2D eigenvalue weighted by atomic mass is 35.5. The first-order valence-corrected chi connectivity index (χ1v) is 8.04. The fourth-order valence-corrected chi connectivity index (χ4v) is 2.83. The fraction of sp³-hybridized carbons (Fsp3) is 0.500. The minimum atomic E-state index is 0.185. The Balaban J connectivity index is 2.32. The van der Waals surface area contributed by atoms with Gasteiger partial charge in [0.25, 0.3) is 0 Å². The molecule has 2 heterocycles. The van der Waals surface area contributed by atoms with E-state index in [1.807, 2.05) is 11.9 Å². The second kappa shape index (κ2) is 6.90. The van der Waals surface area contributed by atoms with Crippen molar-refractivity contribution in [3.8, 4) is 5.95 Å². The van der Waals surface area contributed by atoms with Gasteiger partial charge in [-0.2, -0.15) is 26.7 Å². The zero-order valence-electron chi connectivity index (χ0n) is 11.7. The van der Waals surface area contributed by atoms with Crippen molar-refractivity contribution >= 4 is 29.3 Å². The maximum absolute atomic E-state index is 6.01. The monoisotopic (exact) mass is 312 g/mol. The molecule has 20 heavy (non-hydrogen) atoms. The molecular weight excluding hydrogens is 296 g/mol. The number of rotatable bonds is 6. The Kier molecular flexibility index (Phi) is 5.19. The Morgan fingerprint density at radius 2 is 2.20 bits per heavy atom. The summed E-state index contributed by atoms with van der Waals surface area (Å²) in [6.45, 7) is 2.15. The quantitative estimate of drug-likeness (QED) is 0.815. The molecule has 0 fully saturated rings. The Morgan fingerprint density at radius 3 is 2.80 bits per heavy atom. The fourth-order valence-electron chi connectivity index (χ4n) is 1.84. The van der Waals surface area contributed by atoms with Gasteiger partial charge in [-0.05, 0) is 24.3 Å². The summed E-state index contributed by atoms with van der Waals surface area (Å²) in [5, 5.41) is 0.185. The molecule has 0 radical (unpaired) electrons. The van der Waals surface area contributed by atoms with Crippen molar-refractivity contribution in [2.75, 3.05) is 24.0 Å². The highest BCUT2D eigenvalue weighted by Gasteiger charge is 2.17. The van der Waals surface area contributed by atoms with Gasteiger partial charge in [0.2, 0.25) is 17.2 Å². The van der Waals surface area contributed by atoms with Crippen LogP contribution >= 0.6 is 23.4 Å². The van der Waals surface area contributed by atoms with Gasteiger partial charge < -0.3 is 4.90 Å². The zero-order valence-corrected chi connectivity index (χ0v) is 13.3. The third kappa shape index (κ3) is 3.40. The lowest BCUT2D eigenvalue weighted by molar-refractivity contribution is 0.653. The second-order valence-electron chi connectivity index (χ2n) is 4.30. The van der Waals surface area contributed by atoms with Crippen LogP contribution in [0.3, 0.4) is 0 Å². The van der Waals surface area contributed by atoms with E-state index in [2.05, 4.69) is 33.1 Å². The van der Waals surface area contributed by atoms with Gasteiger partial charge >= 0.3 is 0 Å². The molecule has 0 saturated carbocycles. The summed E-state index contributed by atoms with van der Waals surface area (Å²) in [6.07, 6.45) is 8.18. The molecule has 1 atom stereocenters. The van der Waals surface area contributed by atoms with Crippen molar-refractivity contribution in [1.29, 1.82) is 0 Å². The predicted molar refractivity (Wildman–Crippen MR) is 82.8 cm³/mol. The van der Waals surface area contributed by atoms with Crippen molar-refractivity contribution in [2.45, 2.75) is 19.4 Å². The largest absolute Gasteiger partial charge is 0.340 e. The molecular formula is C12H17ClN6S. The molecule has 6 nitrogen and oxygen atoms in total. The van der Waals surface area contributed by atoms with E-state index in [0.29, 0.717) is 17.9 Å². The molecule has 0 bridgehead atoms. The highest BCUT2D eigenvalue weighted by Crippen LogP contribution is 2.17. The van der Waals surface area contributed by atoms with E-state index in [9.17, 15) is 0 Å². The summed E-state index contributed by atoms with van der Waals surface area (Å²) >= 11 is 7.81. The maximum Gasteiger partial charge on any atom is 0.241 e. The number of anilines is 1. The lowest BCUT2D eigenvalue weighted by Crippen LogP contribution is -2.34. The summed E-state index contributed by atoms with van der Waals surface area (Å²) in [7, 11) is 1.98. The SMILES string of the molecule is CCC(CSC)N(C)c1nc(Cl)nc(-n2ccnc2)n1. The van der Waals surface area contributed by atoms with Gasteiger partial charge in [-0.25, -0.2) is 4.98 Å². The lowest BCUT2D eigenvalue weighted by atomic mass is 10.2. The normalized spacial score (nSPS) is 12.4. The van der Waals surface area contributed by atoms with E-state index in [1.165, 1.54) is 0 Å². The van der Waals surface area contributed by atoms with Gasteiger partial charge in [-0.1, -0.05) is 6.92 Å².